The maximum atomic E-state index is 10.1. The van der Waals surface area contributed by atoms with E-state index in [2.05, 4.69) is 18.5 Å². The Morgan fingerprint density at radius 1 is 1.16 bits per heavy atom. The van der Waals surface area contributed by atoms with E-state index >= 15 is 0 Å². The van der Waals surface area contributed by atoms with Gasteiger partial charge in [0.15, 0.2) is 0 Å². The number of hydrogen-bond donors (Lipinski definition) is 1. The Kier molecular flexibility index (Phi) is 5.03. The van der Waals surface area contributed by atoms with Crippen LogP contribution in [0.2, 0.25) is 0 Å². The SMILES string of the molecule is CCc1nn(C2CCCCCC2)c(CC)c1C(C)O. The molecule has 1 saturated carbocycles. The molecule has 0 bridgehead atoms. The highest BCUT2D eigenvalue weighted by Crippen LogP contribution is 2.32. The zero-order valence-corrected chi connectivity index (χ0v) is 12.7. The van der Waals surface area contributed by atoms with Gasteiger partial charge in [-0.05, 0) is 32.6 Å². The highest BCUT2D eigenvalue weighted by molar-refractivity contribution is 5.29. The quantitative estimate of drug-likeness (QED) is 0.836. The lowest BCUT2D eigenvalue weighted by molar-refractivity contribution is 0.196. The average molecular weight is 264 g/mol. The monoisotopic (exact) mass is 264 g/mol. The maximum absolute atomic E-state index is 10.1. The molecule has 1 aromatic rings. The molecule has 19 heavy (non-hydrogen) atoms. The Bertz CT molecular complexity index is 401. The van der Waals surface area contributed by atoms with Crippen LogP contribution in [0.25, 0.3) is 0 Å². The third kappa shape index (κ3) is 3.02. The van der Waals surface area contributed by atoms with Crippen molar-refractivity contribution in [3.63, 3.8) is 0 Å². The summed E-state index contributed by atoms with van der Waals surface area (Å²) in [7, 11) is 0. The third-order valence-electron chi connectivity index (χ3n) is 4.38. The van der Waals surface area contributed by atoms with E-state index in [0.717, 1.165) is 24.1 Å². The minimum atomic E-state index is -0.399. The second-order valence-corrected chi connectivity index (χ2v) is 5.78. The summed E-state index contributed by atoms with van der Waals surface area (Å²) in [5, 5.41) is 14.9. The van der Waals surface area contributed by atoms with Crippen molar-refractivity contribution in [1.82, 2.24) is 9.78 Å². The number of aromatic nitrogens is 2. The summed E-state index contributed by atoms with van der Waals surface area (Å²) >= 11 is 0. The van der Waals surface area contributed by atoms with Crippen LogP contribution in [0, 0.1) is 0 Å². The van der Waals surface area contributed by atoms with Crippen LogP contribution in [0.4, 0.5) is 0 Å². The molecule has 1 unspecified atom stereocenters. The summed E-state index contributed by atoms with van der Waals surface area (Å²) in [6, 6.07) is 0.551. The largest absolute Gasteiger partial charge is 0.389 e. The van der Waals surface area contributed by atoms with E-state index in [4.69, 9.17) is 5.10 Å². The smallest absolute Gasteiger partial charge is 0.0798 e. The second-order valence-electron chi connectivity index (χ2n) is 5.78. The van der Waals surface area contributed by atoms with Gasteiger partial charge in [0.2, 0.25) is 0 Å². The van der Waals surface area contributed by atoms with Crippen molar-refractivity contribution in [3.8, 4) is 0 Å². The van der Waals surface area contributed by atoms with Crippen molar-refractivity contribution in [2.75, 3.05) is 0 Å². The average Bonchev–Trinajstić information content (AvgIpc) is 2.57. The van der Waals surface area contributed by atoms with Gasteiger partial charge in [-0.1, -0.05) is 39.5 Å². The molecule has 0 radical (unpaired) electrons. The molecule has 0 aliphatic heterocycles. The van der Waals surface area contributed by atoms with Gasteiger partial charge in [0.25, 0.3) is 0 Å². The lowest BCUT2D eigenvalue weighted by Crippen LogP contribution is -2.13. The number of rotatable bonds is 4. The molecule has 2 rings (SSSR count). The maximum Gasteiger partial charge on any atom is 0.0798 e. The molecule has 1 aliphatic carbocycles. The highest BCUT2D eigenvalue weighted by atomic mass is 16.3. The van der Waals surface area contributed by atoms with Crippen LogP contribution in [0.3, 0.4) is 0 Å². The summed E-state index contributed by atoms with van der Waals surface area (Å²) in [5.41, 5.74) is 3.45. The molecular formula is C16H28N2O. The standard InChI is InChI=1S/C16H28N2O/c1-4-14-16(12(3)19)15(5-2)18(17-14)13-10-8-6-7-9-11-13/h12-13,19H,4-11H2,1-3H3. The summed E-state index contributed by atoms with van der Waals surface area (Å²) in [6.07, 6.45) is 9.33. The van der Waals surface area contributed by atoms with E-state index in [1.165, 1.54) is 44.2 Å². The molecular weight excluding hydrogens is 236 g/mol. The van der Waals surface area contributed by atoms with Gasteiger partial charge in [0.05, 0.1) is 17.8 Å². The Balaban J connectivity index is 2.38. The molecule has 3 heteroatoms. The number of hydrogen-bond acceptors (Lipinski definition) is 2. The molecule has 0 aromatic carbocycles. The molecule has 1 fully saturated rings. The van der Waals surface area contributed by atoms with E-state index in [-0.39, 0.29) is 0 Å². The summed E-state index contributed by atoms with van der Waals surface area (Å²) < 4.78 is 2.26. The predicted octanol–water partition coefficient (Wildman–Crippen LogP) is 3.96. The van der Waals surface area contributed by atoms with E-state index in [1.807, 2.05) is 6.92 Å². The van der Waals surface area contributed by atoms with Gasteiger partial charge in [0, 0.05) is 11.3 Å². The van der Waals surface area contributed by atoms with Crippen LogP contribution >= 0.6 is 0 Å². The number of nitrogens with zero attached hydrogens (tertiary/aromatic N) is 2. The Hall–Kier alpha value is -0.830. The molecule has 3 nitrogen and oxygen atoms in total. The van der Waals surface area contributed by atoms with E-state index in [1.54, 1.807) is 0 Å². The van der Waals surface area contributed by atoms with Gasteiger partial charge >= 0.3 is 0 Å². The zero-order valence-electron chi connectivity index (χ0n) is 12.7. The molecule has 0 amide bonds. The normalized spacial score (nSPS) is 19.4. The van der Waals surface area contributed by atoms with Crippen LogP contribution in [-0.4, -0.2) is 14.9 Å². The zero-order chi connectivity index (χ0) is 13.8. The van der Waals surface area contributed by atoms with Crippen molar-refractivity contribution < 1.29 is 5.11 Å². The van der Waals surface area contributed by atoms with Crippen molar-refractivity contribution in [1.29, 1.82) is 0 Å². The molecule has 1 N–H and O–H groups in total. The van der Waals surface area contributed by atoms with Gasteiger partial charge in [-0.15, -0.1) is 0 Å². The Labute approximate surface area is 117 Å². The van der Waals surface area contributed by atoms with Crippen LogP contribution in [0.15, 0.2) is 0 Å². The highest BCUT2D eigenvalue weighted by Gasteiger charge is 2.24. The molecule has 0 spiro atoms. The molecule has 1 aliphatic rings. The van der Waals surface area contributed by atoms with Crippen molar-refractivity contribution in [3.05, 3.63) is 17.0 Å². The number of aliphatic hydroxyl groups is 1. The number of aliphatic hydroxyl groups excluding tert-OH is 1. The molecule has 108 valence electrons. The minimum absolute atomic E-state index is 0.399. The van der Waals surface area contributed by atoms with Gasteiger partial charge in [0.1, 0.15) is 0 Å². The fraction of sp³-hybridized carbons (Fsp3) is 0.812. The van der Waals surface area contributed by atoms with E-state index in [9.17, 15) is 5.11 Å². The van der Waals surface area contributed by atoms with Crippen molar-refractivity contribution in [2.45, 2.75) is 84.3 Å². The van der Waals surface area contributed by atoms with Crippen molar-refractivity contribution >= 4 is 0 Å². The minimum Gasteiger partial charge on any atom is -0.389 e. The van der Waals surface area contributed by atoms with Crippen LogP contribution in [0.1, 0.15) is 88.4 Å². The van der Waals surface area contributed by atoms with E-state index < -0.39 is 6.10 Å². The fourth-order valence-corrected chi connectivity index (χ4v) is 3.43. The second kappa shape index (κ2) is 6.56. The first-order valence-corrected chi connectivity index (χ1v) is 7.97. The summed E-state index contributed by atoms with van der Waals surface area (Å²) in [4.78, 5) is 0. The summed E-state index contributed by atoms with van der Waals surface area (Å²) in [6.45, 7) is 6.17. The fourth-order valence-electron chi connectivity index (χ4n) is 3.43. The van der Waals surface area contributed by atoms with Gasteiger partial charge in [-0.3, -0.25) is 4.68 Å². The van der Waals surface area contributed by atoms with Gasteiger partial charge in [-0.2, -0.15) is 5.10 Å². The van der Waals surface area contributed by atoms with Crippen molar-refractivity contribution in [2.24, 2.45) is 0 Å². The molecule has 1 atom stereocenters. The lowest BCUT2D eigenvalue weighted by atomic mass is 10.0. The number of aryl methyl sites for hydroxylation is 1. The summed E-state index contributed by atoms with van der Waals surface area (Å²) in [5.74, 6) is 0. The van der Waals surface area contributed by atoms with Gasteiger partial charge < -0.3 is 5.11 Å². The Morgan fingerprint density at radius 2 is 1.79 bits per heavy atom. The van der Waals surface area contributed by atoms with Crippen LogP contribution < -0.4 is 0 Å². The third-order valence-corrected chi connectivity index (χ3v) is 4.38. The van der Waals surface area contributed by atoms with E-state index in [0.29, 0.717) is 6.04 Å². The van der Waals surface area contributed by atoms with Crippen LogP contribution in [-0.2, 0) is 12.8 Å². The molecule has 1 heterocycles. The lowest BCUT2D eigenvalue weighted by Gasteiger charge is -2.18. The first kappa shape index (κ1) is 14.6. The predicted molar refractivity (Wildman–Crippen MR) is 78.4 cm³/mol. The first-order chi connectivity index (χ1) is 9.19. The molecule has 0 saturated heterocycles. The van der Waals surface area contributed by atoms with Gasteiger partial charge in [-0.25, -0.2) is 0 Å². The topological polar surface area (TPSA) is 38.0 Å². The first-order valence-electron chi connectivity index (χ1n) is 7.97. The van der Waals surface area contributed by atoms with Crippen LogP contribution in [0.5, 0.6) is 0 Å². The Morgan fingerprint density at radius 3 is 2.26 bits per heavy atom. The molecule has 1 aromatic heterocycles.